The van der Waals surface area contributed by atoms with Gasteiger partial charge in [-0.25, -0.2) is 9.36 Å². The summed E-state index contributed by atoms with van der Waals surface area (Å²) in [5.41, 5.74) is 0.0891. The van der Waals surface area contributed by atoms with Crippen molar-refractivity contribution in [1.29, 1.82) is 0 Å². The SMILES string of the molecule is CCN(CC)CCCC(C)n1c(=O)oc2ccccc2c1=O. The van der Waals surface area contributed by atoms with Gasteiger partial charge in [0.2, 0.25) is 0 Å². The molecule has 1 heterocycles. The quantitative estimate of drug-likeness (QED) is 0.789. The Hall–Kier alpha value is -1.88. The summed E-state index contributed by atoms with van der Waals surface area (Å²) in [6, 6.07) is 6.71. The molecule has 0 aliphatic rings. The van der Waals surface area contributed by atoms with Crippen LogP contribution < -0.4 is 11.3 Å². The van der Waals surface area contributed by atoms with Crippen molar-refractivity contribution in [2.75, 3.05) is 19.6 Å². The fourth-order valence-corrected chi connectivity index (χ4v) is 2.75. The highest BCUT2D eigenvalue weighted by Crippen LogP contribution is 2.12. The molecule has 22 heavy (non-hydrogen) atoms. The normalized spacial score (nSPS) is 12.9. The lowest BCUT2D eigenvalue weighted by Gasteiger charge is -2.19. The summed E-state index contributed by atoms with van der Waals surface area (Å²) in [5, 5.41) is 0.456. The van der Waals surface area contributed by atoms with E-state index in [0.717, 1.165) is 32.5 Å². The molecule has 2 aromatic rings. The van der Waals surface area contributed by atoms with Gasteiger partial charge in [-0.05, 0) is 51.5 Å². The van der Waals surface area contributed by atoms with Crippen molar-refractivity contribution in [3.8, 4) is 0 Å². The molecule has 0 aliphatic heterocycles. The smallest absolute Gasteiger partial charge is 0.409 e. The number of fused-ring (bicyclic) bond motifs is 1. The van der Waals surface area contributed by atoms with Crippen molar-refractivity contribution in [2.24, 2.45) is 0 Å². The summed E-state index contributed by atoms with van der Waals surface area (Å²) >= 11 is 0. The van der Waals surface area contributed by atoms with Crippen LogP contribution in [0.15, 0.2) is 38.3 Å². The first kappa shape index (κ1) is 16.5. The van der Waals surface area contributed by atoms with Crippen LogP contribution in [0.5, 0.6) is 0 Å². The predicted molar refractivity (Wildman–Crippen MR) is 88.5 cm³/mol. The van der Waals surface area contributed by atoms with Gasteiger partial charge in [0.25, 0.3) is 5.56 Å². The molecular weight excluding hydrogens is 280 g/mol. The average molecular weight is 304 g/mol. The van der Waals surface area contributed by atoms with Gasteiger partial charge in [-0.3, -0.25) is 4.79 Å². The third-order valence-corrected chi connectivity index (χ3v) is 4.16. The molecule has 1 atom stereocenters. The first-order valence-corrected chi connectivity index (χ1v) is 7.95. The number of hydrogen-bond acceptors (Lipinski definition) is 4. The Morgan fingerprint density at radius 3 is 2.55 bits per heavy atom. The van der Waals surface area contributed by atoms with Crippen molar-refractivity contribution in [2.45, 2.75) is 39.7 Å². The molecule has 1 aromatic carbocycles. The molecule has 0 bridgehead atoms. The van der Waals surface area contributed by atoms with Crippen molar-refractivity contribution in [3.05, 3.63) is 45.2 Å². The number of aromatic nitrogens is 1. The standard InChI is InChI=1S/C17H24N2O3/c1-4-18(5-2)12-8-9-13(3)19-16(20)14-10-6-7-11-15(14)22-17(19)21/h6-7,10-11,13H,4-5,8-9,12H2,1-3H3. The predicted octanol–water partition coefficient (Wildman–Crippen LogP) is 2.64. The van der Waals surface area contributed by atoms with Gasteiger partial charge in [0.15, 0.2) is 0 Å². The minimum atomic E-state index is -0.570. The molecule has 0 radical (unpaired) electrons. The number of nitrogens with zero attached hydrogens (tertiary/aromatic N) is 2. The van der Waals surface area contributed by atoms with E-state index in [1.54, 1.807) is 24.3 Å². The number of benzene rings is 1. The van der Waals surface area contributed by atoms with Gasteiger partial charge in [-0.2, -0.15) is 0 Å². The lowest BCUT2D eigenvalue weighted by atomic mass is 10.1. The van der Waals surface area contributed by atoms with Crippen LogP contribution in [0.1, 0.15) is 39.7 Å². The summed E-state index contributed by atoms with van der Waals surface area (Å²) in [4.78, 5) is 26.9. The first-order valence-electron chi connectivity index (χ1n) is 7.95. The fourth-order valence-electron chi connectivity index (χ4n) is 2.75. The Morgan fingerprint density at radius 2 is 1.86 bits per heavy atom. The van der Waals surface area contributed by atoms with Gasteiger partial charge in [0, 0.05) is 6.04 Å². The van der Waals surface area contributed by atoms with Crippen LogP contribution in [0, 0.1) is 0 Å². The fraction of sp³-hybridized carbons (Fsp3) is 0.529. The molecule has 0 N–H and O–H groups in total. The molecule has 2 rings (SSSR count). The van der Waals surface area contributed by atoms with E-state index in [9.17, 15) is 9.59 Å². The third-order valence-electron chi connectivity index (χ3n) is 4.16. The van der Waals surface area contributed by atoms with Crippen molar-refractivity contribution in [1.82, 2.24) is 9.47 Å². The molecule has 0 fully saturated rings. The number of hydrogen-bond donors (Lipinski definition) is 0. The average Bonchev–Trinajstić information content (AvgIpc) is 2.51. The molecule has 5 heteroatoms. The van der Waals surface area contributed by atoms with Crippen molar-refractivity contribution in [3.63, 3.8) is 0 Å². The van der Waals surface area contributed by atoms with Crippen molar-refractivity contribution < 1.29 is 4.42 Å². The zero-order valence-electron chi connectivity index (χ0n) is 13.5. The monoisotopic (exact) mass is 304 g/mol. The van der Waals surface area contributed by atoms with Crippen LogP contribution >= 0.6 is 0 Å². The second-order valence-corrected chi connectivity index (χ2v) is 5.56. The molecular formula is C17H24N2O3. The minimum Gasteiger partial charge on any atom is -0.409 e. The molecule has 0 saturated carbocycles. The highest BCUT2D eigenvalue weighted by molar-refractivity contribution is 5.74. The molecule has 5 nitrogen and oxygen atoms in total. The van der Waals surface area contributed by atoms with Crippen LogP contribution in [0.2, 0.25) is 0 Å². The first-order chi connectivity index (χ1) is 10.6. The molecule has 0 spiro atoms. The lowest BCUT2D eigenvalue weighted by molar-refractivity contribution is 0.284. The molecule has 1 unspecified atom stereocenters. The second kappa shape index (κ2) is 7.40. The van der Waals surface area contributed by atoms with Gasteiger partial charge in [-0.15, -0.1) is 0 Å². The summed E-state index contributed by atoms with van der Waals surface area (Å²) in [6.07, 6.45) is 1.72. The largest absolute Gasteiger partial charge is 0.422 e. The van der Waals surface area contributed by atoms with Gasteiger partial charge < -0.3 is 9.32 Å². The maximum atomic E-state index is 12.5. The van der Waals surface area contributed by atoms with Crippen LogP contribution in [-0.2, 0) is 0 Å². The van der Waals surface area contributed by atoms with Crippen LogP contribution in [0.4, 0.5) is 0 Å². The summed E-state index contributed by atoms with van der Waals surface area (Å²) < 4.78 is 6.50. The number of rotatable bonds is 7. The Morgan fingerprint density at radius 1 is 1.18 bits per heavy atom. The van der Waals surface area contributed by atoms with Crippen LogP contribution in [-0.4, -0.2) is 29.1 Å². The highest BCUT2D eigenvalue weighted by atomic mass is 16.4. The van der Waals surface area contributed by atoms with Gasteiger partial charge in [0.1, 0.15) is 5.58 Å². The van der Waals surface area contributed by atoms with Gasteiger partial charge >= 0.3 is 5.76 Å². The van der Waals surface area contributed by atoms with E-state index in [1.165, 1.54) is 4.57 Å². The van der Waals surface area contributed by atoms with E-state index in [-0.39, 0.29) is 11.6 Å². The van der Waals surface area contributed by atoms with E-state index < -0.39 is 5.76 Å². The van der Waals surface area contributed by atoms with Crippen LogP contribution in [0.3, 0.4) is 0 Å². The third kappa shape index (κ3) is 3.47. The van der Waals surface area contributed by atoms with E-state index in [2.05, 4.69) is 18.7 Å². The maximum absolute atomic E-state index is 12.5. The van der Waals surface area contributed by atoms with Crippen LogP contribution in [0.25, 0.3) is 11.0 Å². The van der Waals surface area contributed by atoms with Gasteiger partial charge in [0.05, 0.1) is 5.39 Å². The van der Waals surface area contributed by atoms with E-state index >= 15 is 0 Å². The molecule has 0 aliphatic carbocycles. The zero-order valence-corrected chi connectivity index (χ0v) is 13.5. The number of para-hydroxylation sites is 1. The Bertz CT molecular complexity index is 728. The molecule has 1 aromatic heterocycles. The lowest BCUT2D eigenvalue weighted by Crippen LogP contribution is -2.35. The molecule has 0 saturated heterocycles. The minimum absolute atomic E-state index is 0.163. The Balaban J connectivity index is 2.20. The molecule has 120 valence electrons. The van der Waals surface area contributed by atoms with E-state index in [1.807, 2.05) is 6.92 Å². The second-order valence-electron chi connectivity index (χ2n) is 5.56. The van der Waals surface area contributed by atoms with Gasteiger partial charge in [-0.1, -0.05) is 26.0 Å². The summed E-state index contributed by atoms with van der Waals surface area (Å²) in [7, 11) is 0. The van der Waals surface area contributed by atoms with E-state index in [0.29, 0.717) is 11.0 Å². The summed E-state index contributed by atoms with van der Waals surface area (Å²) in [6.45, 7) is 9.18. The van der Waals surface area contributed by atoms with Crippen molar-refractivity contribution >= 4 is 11.0 Å². The summed E-state index contributed by atoms with van der Waals surface area (Å²) in [5.74, 6) is -0.570. The zero-order chi connectivity index (χ0) is 16.1. The molecule has 0 amide bonds. The maximum Gasteiger partial charge on any atom is 0.422 e. The Kier molecular flexibility index (Phi) is 5.55. The van der Waals surface area contributed by atoms with E-state index in [4.69, 9.17) is 4.42 Å². The topological polar surface area (TPSA) is 55.5 Å². The Labute approximate surface area is 130 Å². The highest BCUT2D eigenvalue weighted by Gasteiger charge is 2.15.